The average molecular weight is 303 g/mol. The highest BCUT2D eigenvalue weighted by molar-refractivity contribution is 5.80. The van der Waals surface area contributed by atoms with Crippen molar-refractivity contribution in [3.63, 3.8) is 0 Å². The topological polar surface area (TPSA) is 41.6 Å². The monoisotopic (exact) mass is 303 g/mol. The summed E-state index contributed by atoms with van der Waals surface area (Å²) in [7, 11) is 0. The summed E-state index contributed by atoms with van der Waals surface area (Å²) in [6.07, 6.45) is -4.54. The van der Waals surface area contributed by atoms with Crippen LogP contribution in [0.3, 0.4) is 0 Å². The Labute approximate surface area is 124 Å². The van der Waals surface area contributed by atoms with E-state index in [1.165, 1.54) is 0 Å². The van der Waals surface area contributed by atoms with Gasteiger partial charge in [0, 0.05) is 5.56 Å². The predicted molar refractivity (Wildman–Crippen MR) is 77.0 cm³/mol. The van der Waals surface area contributed by atoms with Crippen LogP contribution in [-0.2, 0) is 6.18 Å². The number of nitrogens with zero attached hydrogens (tertiary/aromatic N) is 2. The fourth-order valence-electron chi connectivity index (χ4n) is 2.17. The van der Waals surface area contributed by atoms with E-state index in [1.54, 1.807) is 12.1 Å². The molecular formula is C16H12F3N3. The van der Waals surface area contributed by atoms with Crippen molar-refractivity contribution in [2.75, 3.05) is 0 Å². The number of nitrogens with one attached hydrogen (secondary N) is 1. The molecule has 112 valence electrons. The molecule has 1 heterocycles. The Morgan fingerprint density at radius 1 is 0.909 bits per heavy atom. The molecule has 0 atom stereocenters. The molecule has 3 nitrogen and oxygen atoms in total. The highest BCUT2D eigenvalue weighted by Crippen LogP contribution is 2.32. The number of aryl methyl sites for hydroxylation is 1. The Bertz CT molecular complexity index is 789. The fraction of sp³-hybridized carbons (Fsp3) is 0.125. The number of rotatable bonds is 2. The number of aromatic nitrogens is 3. The largest absolute Gasteiger partial charge is 0.451 e. The first kappa shape index (κ1) is 14.3. The van der Waals surface area contributed by atoms with Gasteiger partial charge in [-0.1, -0.05) is 54.1 Å². The predicted octanol–water partition coefficient (Wildman–Crippen LogP) is 4.47. The first-order valence-corrected chi connectivity index (χ1v) is 6.61. The lowest BCUT2D eigenvalue weighted by atomic mass is 9.98. The summed E-state index contributed by atoms with van der Waals surface area (Å²) in [5.41, 5.74) is 3.35. The quantitative estimate of drug-likeness (QED) is 0.759. The minimum Gasteiger partial charge on any atom is -0.255 e. The minimum atomic E-state index is -4.54. The Hall–Kier alpha value is -2.63. The molecule has 1 N–H and O–H groups in total. The van der Waals surface area contributed by atoms with Crippen molar-refractivity contribution in [1.29, 1.82) is 0 Å². The average Bonchev–Trinajstić information content (AvgIpc) is 2.98. The van der Waals surface area contributed by atoms with Crippen molar-refractivity contribution < 1.29 is 13.2 Å². The molecule has 0 aliphatic heterocycles. The van der Waals surface area contributed by atoms with Gasteiger partial charge in [-0.2, -0.15) is 18.3 Å². The summed E-state index contributed by atoms with van der Waals surface area (Å²) in [5, 5.41) is 5.65. The van der Waals surface area contributed by atoms with Gasteiger partial charge in [-0.3, -0.25) is 5.10 Å². The molecule has 3 aromatic rings. The van der Waals surface area contributed by atoms with Crippen LogP contribution in [0.4, 0.5) is 13.2 Å². The zero-order valence-corrected chi connectivity index (χ0v) is 11.6. The fourth-order valence-corrected chi connectivity index (χ4v) is 2.17. The number of H-pyrrole nitrogens is 1. The summed E-state index contributed by atoms with van der Waals surface area (Å²) >= 11 is 0. The normalized spacial score (nSPS) is 11.6. The molecule has 0 saturated heterocycles. The number of halogens is 3. The van der Waals surface area contributed by atoms with Crippen LogP contribution >= 0.6 is 0 Å². The molecule has 0 bridgehead atoms. The van der Waals surface area contributed by atoms with Crippen LogP contribution in [0.25, 0.3) is 22.5 Å². The highest BCUT2D eigenvalue weighted by Gasteiger charge is 2.35. The van der Waals surface area contributed by atoms with Crippen LogP contribution in [0.1, 0.15) is 11.4 Å². The number of aromatic amines is 1. The third-order valence-corrected chi connectivity index (χ3v) is 3.28. The van der Waals surface area contributed by atoms with E-state index in [0.29, 0.717) is 5.56 Å². The number of benzene rings is 2. The molecule has 0 aliphatic rings. The molecule has 6 heteroatoms. The lowest BCUT2D eigenvalue weighted by Gasteiger charge is -2.07. The van der Waals surface area contributed by atoms with Gasteiger partial charge in [-0.25, -0.2) is 4.98 Å². The van der Waals surface area contributed by atoms with Gasteiger partial charge in [-0.15, -0.1) is 0 Å². The van der Waals surface area contributed by atoms with E-state index in [1.807, 2.05) is 48.4 Å². The highest BCUT2D eigenvalue weighted by atomic mass is 19.4. The Balaban J connectivity index is 2.09. The summed E-state index contributed by atoms with van der Waals surface area (Å²) in [4.78, 5) is 3.56. The van der Waals surface area contributed by atoms with Gasteiger partial charge in [0.05, 0.1) is 0 Å². The van der Waals surface area contributed by atoms with Crippen LogP contribution in [0.15, 0.2) is 48.5 Å². The maximum absolute atomic E-state index is 12.7. The number of alkyl halides is 3. The maximum atomic E-state index is 12.7. The molecule has 0 saturated carbocycles. The smallest absolute Gasteiger partial charge is 0.255 e. The van der Waals surface area contributed by atoms with Gasteiger partial charge in [0.2, 0.25) is 5.82 Å². The molecule has 2 aromatic carbocycles. The molecule has 3 rings (SSSR count). The van der Waals surface area contributed by atoms with Crippen molar-refractivity contribution in [1.82, 2.24) is 15.2 Å². The molecule has 0 unspecified atom stereocenters. The van der Waals surface area contributed by atoms with Crippen molar-refractivity contribution in [3.05, 3.63) is 59.9 Å². The van der Waals surface area contributed by atoms with E-state index < -0.39 is 12.0 Å². The van der Waals surface area contributed by atoms with Crippen molar-refractivity contribution in [2.24, 2.45) is 0 Å². The standard InChI is InChI=1S/C16H12F3N3/c1-10-6-8-11(9-7-10)12-4-2-3-5-13(12)14-20-15(22-21-14)16(17,18)19/h2-9H,1H3,(H,20,21,22). The molecule has 0 spiro atoms. The molecule has 0 aliphatic carbocycles. The van der Waals surface area contributed by atoms with E-state index in [4.69, 9.17) is 0 Å². The number of hydrogen-bond donors (Lipinski definition) is 1. The van der Waals surface area contributed by atoms with Crippen LogP contribution in [0.5, 0.6) is 0 Å². The van der Waals surface area contributed by atoms with E-state index >= 15 is 0 Å². The molecular weight excluding hydrogens is 291 g/mol. The second-order valence-corrected chi connectivity index (χ2v) is 4.92. The third-order valence-electron chi connectivity index (χ3n) is 3.28. The van der Waals surface area contributed by atoms with Gasteiger partial charge in [-0.05, 0) is 18.1 Å². The van der Waals surface area contributed by atoms with Crippen LogP contribution < -0.4 is 0 Å². The van der Waals surface area contributed by atoms with Gasteiger partial charge in [0.15, 0.2) is 5.82 Å². The lowest BCUT2D eigenvalue weighted by molar-refractivity contribution is -0.144. The van der Waals surface area contributed by atoms with Crippen molar-refractivity contribution in [2.45, 2.75) is 13.1 Å². The Kier molecular flexibility index (Phi) is 3.44. The van der Waals surface area contributed by atoms with Gasteiger partial charge >= 0.3 is 6.18 Å². The minimum absolute atomic E-state index is 0.0310. The van der Waals surface area contributed by atoms with Crippen LogP contribution in [-0.4, -0.2) is 15.2 Å². The SMILES string of the molecule is Cc1ccc(-c2ccccc2-c2n[nH]c(C(F)(F)F)n2)cc1. The Morgan fingerprint density at radius 2 is 1.55 bits per heavy atom. The van der Waals surface area contributed by atoms with Crippen LogP contribution in [0, 0.1) is 6.92 Å². The van der Waals surface area contributed by atoms with Gasteiger partial charge in [0.25, 0.3) is 0 Å². The third kappa shape index (κ3) is 2.72. The molecule has 0 radical (unpaired) electrons. The Morgan fingerprint density at radius 3 is 2.14 bits per heavy atom. The zero-order chi connectivity index (χ0) is 15.7. The van der Waals surface area contributed by atoms with E-state index in [2.05, 4.69) is 10.1 Å². The second-order valence-electron chi connectivity index (χ2n) is 4.92. The first-order chi connectivity index (χ1) is 10.4. The van der Waals surface area contributed by atoms with Crippen molar-refractivity contribution >= 4 is 0 Å². The second kappa shape index (κ2) is 5.29. The summed E-state index contributed by atoms with van der Waals surface area (Å²) in [6, 6.07) is 14.9. The summed E-state index contributed by atoms with van der Waals surface area (Å²) in [5.74, 6) is -1.07. The zero-order valence-electron chi connectivity index (χ0n) is 11.6. The van der Waals surface area contributed by atoms with E-state index in [0.717, 1.165) is 16.7 Å². The van der Waals surface area contributed by atoms with E-state index in [9.17, 15) is 13.2 Å². The lowest BCUT2D eigenvalue weighted by Crippen LogP contribution is -2.07. The molecule has 22 heavy (non-hydrogen) atoms. The van der Waals surface area contributed by atoms with E-state index in [-0.39, 0.29) is 5.82 Å². The maximum Gasteiger partial charge on any atom is 0.451 e. The van der Waals surface area contributed by atoms with Crippen LogP contribution in [0.2, 0.25) is 0 Å². The molecule has 1 aromatic heterocycles. The summed E-state index contributed by atoms with van der Waals surface area (Å²) in [6.45, 7) is 1.97. The molecule has 0 fully saturated rings. The van der Waals surface area contributed by atoms with Gasteiger partial charge in [0.1, 0.15) is 0 Å². The summed E-state index contributed by atoms with van der Waals surface area (Å²) < 4.78 is 38.0. The first-order valence-electron chi connectivity index (χ1n) is 6.61. The molecule has 0 amide bonds. The van der Waals surface area contributed by atoms with Crippen molar-refractivity contribution in [3.8, 4) is 22.5 Å². The van der Waals surface area contributed by atoms with Gasteiger partial charge < -0.3 is 0 Å². The number of hydrogen-bond acceptors (Lipinski definition) is 2.